The maximum absolute atomic E-state index is 13.0. The molecule has 0 bridgehead atoms. The molecule has 2 aromatic rings. The Morgan fingerprint density at radius 1 is 1.46 bits per heavy atom. The fourth-order valence-electron chi connectivity index (χ4n) is 2.32. The van der Waals surface area contributed by atoms with Crippen molar-refractivity contribution in [2.45, 2.75) is 19.4 Å². The van der Waals surface area contributed by atoms with Crippen LogP contribution in [-0.2, 0) is 10.3 Å². The molecule has 1 aromatic carbocycles. The van der Waals surface area contributed by atoms with E-state index < -0.39 is 11.4 Å². The van der Waals surface area contributed by atoms with Crippen LogP contribution in [0.4, 0.5) is 11.6 Å². The number of halogens is 1. The van der Waals surface area contributed by atoms with E-state index in [-0.39, 0.29) is 23.1 Å². The van der Waals surface area contributed by atoms with E-state index in [1.807, 2.05) is 12.1 Å². The van der Waals surface area contributed by atoms with Crippen molar-refractivity contribution in [1.82, 2.24) is 15.3 Å². The van der Waals surface area contributed by atoms with Crippen molar-refractivity contribution in [3.05, 3.63) is 40.0 Å². The molecule has 0 spiro atoms. The standard InChI is InChI=1S/C17H19BrN6O2/c1-4-26-14-12(9-19)13(23-16(20)24-14)17(2,21-3)15(25)22-11-7-5-6-10(18)8-11/h5-8,21H,4H2,1-3H3,(H,22,25)(H2,20,23,24)/t17-/m1/s1. The third-order valence-electron chi connectivity index (χ3n) is 3.80. The van der Waals surface area contributed by atoms with Gasteiger partial charge in [0, 0.05) is 10.2 Å². The average molecular weight is 419 g/mol. The summed E-state index contributed by atoms with van der Waals surface area (Å²) in [5.74, 6) is -0.441. The van der Waals surface area contributed by atoms with Crippen LogP contribution >= 0.6 is 15.9 Å². The van der Waals surface area contributed by atoms with Gasteiger partial charge in [0.1, 0.15) is 17.2 Å². The number of hydrogen-bond donors (Lipinski definition) is 3. The number of nitrogens with one attached hydrogen (secondary N) is 2. The van der Waals surface area contributed by atoms with Crippen molar-refractivity contribution in [2.24, 2.45) is 0 Å². The number of carbonyl (C=O) groups excluding carboxylic acids is 1. The predicted molar refractivity (Wildman–Crippen MR) is 102 cm³/mol. The Bertz CT molecular complexity index is 867. The van der Waals surface area contributed by atoms with Gasteiger partial charge in [-0.1, -0.05) is 22.0 Å². The molecule has 8 nitrogen and oxygen atoms in total. The molecule has 0 unspecified atom stereocenters. The number of ether oxygens (including phenoxy) is 1. The molecule has 1 heterocycles. The summed E-state index contributed by atoms with van der Waals surface area (Å²) in [4.78, 5) is 21.1. The molecule has 1 atom stereocenters. The first-order valence-electron chi connectivity index (χ1n) is 7.82. The summed E-state index contributed by atoms with van der Waals surface area (Å²) in [6.45, 7) is 3.67. The van der Waals surface area contributed by atoms with Gasteiger partial charge in [-0.15, -0.1) is 0 Å². The third kappa shape index (κ3) is 3.92. The Labute approximate surface area is 159 Å². The normalized spacial score (nSPS) is 12.7. The van der Waals surface area contributed by atoms with Crippen LogP contribution in [0.1, 0.15) is 25.1 Å². The predicted octanol–water partition coefficient (Wildman–Crippen LogP) is 2.16. The lowest BCUT2D eigenvalue weighted by Gasteiger charge is -2.28. The lowest BCUT2D eigenvalue weighted by molar-refractivity contribution is -0.122. The molecule has 136 valence electrons. The number of nitrogens with zero attached hydrogens (tertiary/aromatic N) is 3. The van der Waals surface area contributed by atoms with Crippen LogP contribution in [0.3, 0.4) is 0 Å². The number of hydrogen-bond acceptors (Lipinski definition) is 7. The summed E-state index contributed by atoms with van der Waals surface area (Å²) in [7, 11) is 1.60. The number of nitrogen functional groups attached to an aromatic ring is 1. The Hall–Kier alpha value is -2.70. The summed E-state index contributed by atoms with van der Waals surface area (Å²) in [5, 5.41) is 15.3. The van der Waals surface area contributed by atoms with E-state index in [2.05, 4.69) is 36.5 Å². The van der Waals surface area contributed by atoms with Crippen LogP contribution in [0.5, 0.6) is 5.88 Å². The van der Waals surface area contributed by atoms with Gasteiger partial charge in [0.15, 0.2) is 0 Å². The van der Waals surface area contributed by atoms with E-state index in [0.29, 0.717) is 12.3 Å². The molecular formula is C17H19BrN6O2. The number of anilines is 2. The third-order valence-corrected chi connectivity index (χ3v) is 4.29. The molecular weight excluding hydrogens is 400 g/mol. The summed E-state index contributed by atoms with van der Waals surface area (Å²) in [6, 6.07) is 9.17. The molecule has 26 heavy (non-hydrogen) atoms. The van der Waals surface area contributed by atoms with Crippen LogP contribution in [-0.4, -0.2) is 29.5 Å². The van der Waals surface area contributed by atoms with E-state index in [1.165, 1.54) is 0 Å². The Morgan fingerprint density at radius 3 is 2.77 bits per heavy atom. The molecule has 2 rings (SSSR count). The highest BCUT2D eigenvalue weighted by molar-refractivity contribution is 9.10. The number of likely N-dealkylation sites (N-methyl/N-ethyl adjacent to an activating group) is 1. The molecule has 1 aromatic heterocycles. The molecule has 0 aliphatic heterocycles. The van der Waals surface area contributed by atoms with Crippen molar-refractivity contribution in [3.63, 3.8) is 0 Å². The SMILES string of the molecule is CCOc1nc(N)nc([C@@](C)(NC)C(=O)Nc2cccc(Br)c2)c1C#N. The molecule has 0 radical (unpaired) electrons. The zero-order valence-electron chi connectivity index (χ0n) is 14.6. The van der Waals surface area contributed by atoms with Gasteiger partial charge in [-0.3, -0.25) is 4.79 Å². The monoisotopic (exact) mass is 418 g/mol. The highest BCUT2D eigenvalue weighted by Crippen LogP contribution is 2.29. The molecule has 0 aliphatic carbocycles. The number of amides is 1. The smallest absolute Gasteiger partial charge is 0.250 e. The molecule has 0 fully saturated rings. The van der Waals surface area contributed by atoms with Gasteiger partial charge in [-0.25, -0.2) is 4.98 Å². The average Bonchev–Trinajstić information content (AvgIpc) is 2.60. The summed E-state index contributed by atoms with van der Waals surface area (Å²) in [5.41, 5.74) is 5.22. The maximum atomic E-state index is 13.0. The molecule has 1 amide bonds. The largest absolute Gasteiger partial charge is 0.477 e. The fourth-order valence-corrected chi connectivity index (χ4v) is 2.72. The van der Waals surface area contributed by atoms with Gasteiger partial charge in [0.25, 0.3) is 5.91 Å². The highest BCUT2D eigenvalue weighted by atomic mass is 79.9. The zero-order chi connectivity index (χ0) is 19.3. The summed E-state index contributed by atoms with van der Waals surface area (Å²) in [6.07, 6.45) is 0. The van der Waals surface area contributed by atoms with Crippen molar-refractivity contribution >= 4 is 33.5 Å². The molecule has 4 N–H and O–H groups in total. The van der Waals surface area contributed by atoms with Gasteiger partial charge >= 0.3 is 0 Å². The van der Waals surface area contributed by atoms with Crippen LogP contribution in [0.2, 0.25) is 0 Å². The van der Waals surface area contributed by atoms with E-state index >= 15 is 0 Å². The van der Waals surface area contributed by atoms with Crippen molar-refractivity contribution in [1.29, 1.82) is 5.26 Å². The zero-order valence-corrected chi connectivity index (χ0v) is 16.2. The fraction of sp³-hybridized carbons (Fsp3) is 0.294. The van der Waals surface area contributed by atoms with Crippen LogP contribution in [0.15, 0.2) is 28.7 Å². The van der Waals surface area contributed by atoms with Crippen molar-refractivity contribution < 1.29 is 9.53 Å². The minimum absolute atomic E-state index is 0.0502. The van der Waals surface area contributed by atoms with Gasteiger partial charge in [-0.05, 0) is 39.1 Å². The number of rotatable bonds is 6. The number of carbonyl (C=O) groups is 1. The molecule has 9 heteroatoms. The minimum atomic E-state index is -1.34. The Morgan fingerprint density at radius 2 is 2.19 bits per heavy atom. The van der Waals surface area contributed by atoms with E-state index in [1.54, 1.807) is 39.1 Å². The molecule has 0 saturated heterocycles. The highest BCUT2D eigenvalue weighted by Gasteiger charge is 2.39. The Balaban J connectivity index is 2.51. The Kier molecular flexibility index (Phi) is 6.13. The second-order valence-corrected chi connectivity index (χ2v) is 6.41. The first-order chi connectivity index (χ1) is 12.3. The van der Waals surface area contributed by atoms with Crippen molar-refractivity contribution in [3.8, 4) is 11.9 Å². The molecule has 0 aliphatic rings. The summed E-state index contributed by atoms with van der Waals surface area (Å²) < 4.78 is 6.21. The number of nitrogens with two attached hydrogens (primary N) is 1. The quantitative estimate of drug-likeness (QED) is 0.655. The number of aromatic nitrogens is 2. The second kappa shape index (κ2) is 8.12. The van der Waals surface area contributed by atoms with Crippen LogP contribution in [0.25, 0.3) is 0 Å². The topological polar surface area (TPSA) is 126 Å². The van der Waals surface area contributed by atoms with Gasteiger partial charge in [0.2, 0.25) is 11.8 Å². The second-order valence-electron chi connectivity index (χ2n) is 5.49. The lowest BCUT2D eigenvalue weighted by atomic mass is 9.92. The van der Waals surface area contributed by atoms with Crippen LogP contribution < -0.4 is 21.1 Å². The lowest BCUT2D eigenvalue weighted by Crippen LogP contribution is -2.49. The maximum Gasteiger partial charge on any atom is 0.250 e. The minimum Gasteiger partial charge on any atom is -0.477 e. The summed E-state index contributed by atoms with van der Waals surface area (Å²) >= 11 is 3.36. The number of nitriles is 1. The van der Waals surface area contributed by atoms with Gasteiger partial charge in [0.05, 0.1) is 12.3 Å². The first-order valence-corrected chi connectivity index (χ1v) is 8.61. The molecule has 0 saturated carbocycles. The first kappa shape index (κ1) is 19.6. The number of benzene rings is 1. The van der Waals surface area contributed by atoms with E-state index in [0.717, 1.165) is 4.47 Å². The van der Waals surface area contributed by atoms with Crippen LogP contribution in [0, 0.1) is 11.3 Å². The van der Waals surface area contributed by atoms with Crippen molar-refractivity contribution in [2.75, 3.05) is 24.7 Å². The van der Waals surface area contributed by atoms with Gasteiger partial charge in [-0.2, -0.15) is 10.2 Å². The van der Waals surface area contributed by atoms with E-state index in [9.17, 15) is 10.1 Å². The van der Waals surface area contributed by atoms with E-state index in [4.69, 9.17) is 10.5 Å². The van der Waals surface area contributed by atoms with Gasteiger partial charge < -0.3 is 21.1 Å².